The third-order valence-corrected chi connectivity index (χ3v) is 4.36. The van der Waals surface area contributed by atoms with Crippen molar-refractivity contribution in [3.05, 3.63) is 35.1 Å². The van der Waals surface area contributed by atoms with E-state index in [1.807, 2.05) is 6.07 Å². The minimum Gasteiger partial charge on any atom is -0.389 e. The highest BCUT2D eigenvalue weighted by atomic mass is 32.1. The molecule has 1 saturated heterocycles. The van der Waals surface area contributed by atoms with Crippen molar-refractivity contribution in [3.8, 4) is 0 Å². The maximum atomic E-state index is 13.7. The highest BCUT2D eigenvalue weighted by Crippen LogP contribution is 2.18. The first-order valence-corrected chi connectivity index (χ1v) is 7.92. The molecule has 1 unspecified atom stereocenters. The number of hydrogen-bond acceptors (Lipinski definition) is 3. The molecule has 1 heterocycles. The zero-order valence-corrected chi connectivity index (χ0v) is 13.6. The summed E-state index contributed by atoms with van der Waals surface area (Å²) in [6.45, 7) is 6.19. The number of halogens is 1. The van der Waals surface area contributed by atoms with Crippen molar-refractivity contribution in [2.75, 3.05) is 26.7 Å². The van der Waals surface area contributed by atoms with Crippen molar-refractivity contribution in [1.82, 2.24) is 9.80 Å². The number of rotatable bonds is 4. The van der Waals surface area contributed by atoms with Gasteiger partial charge in [0.2, 0.25) is 0 Å². The van der Waals surface area contributed by atoms with Gasteiger partial charge in [-0.1, -0.05) is 19.1 Å². The molecule has 0 amide bonds. The Hall–Kier alpha value is -1.04. The van der Waals surface area contributed by atoms with Crippen LogP contribution >= 0.6 is 12.2 Å². The van der Waals surface area contributed by atoms with E-state index in [1.54, 1.807) is 6.07 Å². The van der Waals surface area contributed by atoms with Gasteiger partial charge in [0.1, 0.15) is 10.8 Å². The van der Waals surface area contributed by atoms with E-state index in [9.17, 15) is 4.39 Å². The molecule has 1 aliphatic heterocycles. The van der Waals surface area contributed by atoms with E-state index >= 15 is 0 Å². The lowest BCUT2D eigenvalue weighted by atomic mass is 10.1. The minimum absolute atomic E-state index is 0.249. The highest BCUT2D eigenvalue weighted by molar-refractivity contribution is 7.80. The van der Waals surface area contributed by atoms with Crippen molar-refractivity contribution in [2.24, 2.45) is 5.73 Å². The molecule has 3 nitrogen and oxygen atoms in total. The van der Waals surface area contributed by atoms with Crippen molar-refractivity contribution < 1.29 is 4.39 Å². The number of hydrogen-bond donors (Lipinski definition) is 1. The van der Waals surface area contributed by atoms with Crippen LogP contribution < -0.4 is 5.73 Å². The van der Waals surface area contributed by atoms with Gasteiger partial charge in [0.25, 0.3) is 0 Å². The summed E-state index contributed by atoms with van der Waals surface area (Å²) in [4.78, 5) is 5.07. The van der Waals surface area contributed by atoms with E-state index in [1.165, 1.54) is 6.07 Å². The number of nitrogens with zero attached hydrogens (tertiary/aromatic N) is 2. The zero-order chi connectivity index (χ0) is 15.4. The third kappa shape index (κ3) is 4.46. The van der Waals surface area contributed by atoms with Crippen LogP contribution in [0.25, 0.3) is 0 Å². The van der Waals surface area contributed by atoms with Crippen LogP contribution in [0, 0.1) is 5.82 Å². The van der Waals surface area contributed by atoms with Crippen molar-refractivity contribution in [1.29, 1.82) is 0 Å². The van der Waals surface area contributed by atoms with Crippen LogP contribution in [0.4, 0.5) is 4.39 Å². The maximum absolute atomic E-state index is 13.7. The Bertz CT molecular complexity index is 506. The van der Waals surface area contributed by atoms with E-state index in [2.05, 4.69) is 23.8 Å². The molecular formula is C16H24FN3S. The van der Waals surface area contributed by atoms with E-state index in [4.69, 9.17) is 18.0 Å². The summed E-state index contributed by atoms with van der Waals surface area (Å²) in [6, 6.07) is 5.41. The molecule has 0 aliphatic carbocycles. The first kappa shape index (κ1) is 16.3. The van der Waals surface area contributed by atoms with Crippen LogP contribution in [0.1, 0.15) is 30.9 Å². The molecule has 116 valence electrons. The normalized spacial score (nSPS) is 21.2. The molecule has 1 fully saturated rings. The van der Waals surface area contributed by atoms with Gasteiger partial charge in [-0.25, -0.2) is 4.39 Å². The van der Waals surface area contributed by atoms with E-state index < -0.39 is 0 Å². The van der Waals surface area contributed by atoms with Gasteiger partial charge in [0, 0.05) is 31.2 Å². The Labute approximate surface area is 131 Å². The Kier molecular flexibility index (Phi) is 5.67. The molecule has 1 atom stereocenters. The standard InChI is InChI=1S/C16H24FN3S/c1-3-15-11-19(2)5-4-6-20(15)10-12-7-13(16(18)21)9-14(17)8-12/h7-9,15H,3-6,10-11H2,1-2H3,(H2,18,21). The number of thiocarbonyl (C=S) groups is 1. The smallest absolute Gasteiger partial charge is 0.124 e. The summed E-state index contributed by atoms with van der Waals surface area (Å²) in [5, 5.41) is 0. The quantitative estimate of drug-likeness (QED) is 0.866. The zero-order valence-electron chi connectivity index (χ0n) is 12.8. The lowest BCUT2D eigenvalue weighted by Crippen LogP contribution is -2.39. The molecule has 1 aromatic rings. The topological polar surface area (TPSA) is 32.5 Å². The van der Waals surface area contributed by atoms with Crippen LogP contribution in [0.2, 0.25) is 0 Å². The number of benzene rings is 1. The first-order chi connectivity index (χ1) is 9.99. The van der Waals surface area contributed by atoms with Gasteiger partial charge in [-0.05, 0) is 50.2 Å². The second kappa shape index (κ2) is 7.29. The Morgan fingerprint density at radius 3 is 2.81 bits per heavy atom. The molecule has 0 bridgehead atoms. The van der Waals surface area contributed by atoms with Crippen LogP contribution in [-0.4, -0.2) is 47.5 Å². The first-order valence-electron chi connectivity index (χ1n) is 7.51. The summed E-state index contributed by atoms with van der Waals surface area (Å²) in [6.07, 6.45) is 2.24. The SMILES string of the molecule is CCC1CN(C)CCCN1Cc1cc(F)cc(C(N)=S)c1. The summed E-state index contributed by atoms with van der Waals surface area (Å²) < 4.78 is 13.7. The van der Waals surface area contributed by atoms with Crippen LogP contribution in [0.15, 0.2) is 18.2 Å². The summed E-state index contributed by atoms with van der Waals surface area (Å²) >= 11 is 4.96. The number of nitrogens with two attached hydrogens (primary N) is 1. The average molecular weight is 309 g/mol. The fourth-order valence-electron chi connectivity index (χ4n) is 3.01. The van der Waals surface area contributed by atoms with Crippen LogP contribution in [0.3, 0.4) is 0 Å². The van der Waals surface area contributed by atoms with Gasteiger partial charge in [-0.3, -0.25) is 4.90 Å². The van der Waals surface area contributed by atoms with Crippen LogP contribution in [0.5, 0.6) is 0 Å². The number of likely N-dealkylation sites (N-methyl/N-ethyl adjacent to an activating group) is 1. The fraction of sp³-hybridized carbons (Fsp3) is 0.562. The molecule has 2 N–H and O–H groups in total. The Morgan fingerprint density at radius 2 is 2.14 bits per heavy atom. The Balaban J connectivity index is 2.17. The summed E-state index contributed by atoms with van der Waals surface area (Å²) in [5.41, 5.74) is 7.18. The van der Waals surface area contributed by atoms with Gasteiger partial charge in [0.05, 0.1) is 0 Å². The van der Waals surface area contributed by atoms with E-state index in [0.717, 1.165) is 44.6 Å². The lowest BCUT2D eigenvalue weighted by molar-refractivity contribution is 0.176. The fourth-order valence-corrected chi connectivity index (χ4v) is 3.12. The third-order valence-electron chi connectivity index (χ3n) is 4.12. The summed E-state index contributed by atoms with van der Waals surface area (Å²) in [5.74, 6) is -0.268. The molecule has 1 aromatic carbocycles. The molecule has 1 aliphatic rings. The molecule has 5 heteroatoms. The van der Waals surface area contributed by atoms with Gasteiger partial charge in [-0.15, -0.1) is 0 Å². The second-order valence-electron chi connectivity index (χ2n) is 5.86. The minimum atomic E-state index is -0.268. The van der Waals surface area contributed by atoms with E-state index in [0.29, 0.717) is 11.6 Å². The highest BCUT2D eigenvalue weighted by Gasteiger charge is 2.22. The predicted molar refractivity (Wildman–Crippen MR) is 88.9 cm³/mol. The van der Waals surface area contributed by atoms with Crippen molar-refractivity contribution in [2.45, 2.75) is 32.4 Å². The molecule has 0 spiro atoms. The largest absolute Gasteiger partial charge is 0.389 e. The van der Waals surface area contributed by atoms with Crippen molar-refractivity contribution >= 4 is 17.2 Å². The molecule has 21 heavy (non-hydrogen) atoms. The predicted octanol–water partition coefficient (Wildman–Crippen LogP) is 2.38. The average Bonchev–Trinajstić information content (AvgIpc) is 2.59. The summed E-state index contributed by atoms with van der Waals surface area (Å²) in [7, 11) is 2.17. The second-order valence-corrected chi connectivity index (χ2v) is 6.30. The maximum Gasteiger partial charge on any atom is 0.124 e. The molecule has 0 saturated carbocycles. The molecule has 2 rings (SSSR count). The van der Waals surface area contributed by atoms with Gasteiger partial charge in [-0.2, -0.15) is 0 Å². The van der Waals surface area contributed by atoms with Gasteiger partial charge < -0.3 is 10.6 Å². The molecule has 0 radical (unpaired) electrons. The lowest BCUT2D eigenvalue weighted by Gasteiger charge is -2.30. The Morgan fingerprint density at radius 1 is 1.38 bits per heavy atom. The molecule has 0 aromatic heterocycles. The van der Waals surface area contributed by atoms with Crippen molar-refractivity contribution in [3.63, 3.8) is 0 Å². The van der Waals surface area contributed by atoms with Crippen LogP contribution in [-0.2, 0) is 6.54 Å². The van der Waals surface area contributed by atoms with Gasteiger partial charge >= 0.3 is 0 Å². The van der Waals surface area contributed by atoms with Gasteiger partial charge in [0.15, 0.2) is 0 Å². The molecular weight excluding hydrogens is 285 g/mol. The van der Waals surface area contributed by atoms with E-state index in [-0.39, 0.29) is 10.8 Å². The monoisotopic (exact) mass is 309 g/mol.